The van der Waals surface area contributed by atoms with E-state index in [2.05, 4.69) is 240 Å². The molecule has 0 amide bonds. The first kappa shape index (κ1) is 33.6. The molecule has 0 N–H and O–H groups in total. The zero-order valence-corrected chi connectivity index (χ0v) is 31.8. The summed E-state index contributed by atoms with van der Waals surface area (Å²) in [4.78, 5) is 2.36. The Morgan fingerprint density at radius 1 is 0.293 bits per heavy atom. The maximum atomic E-state index is 2.42. The van der Waals surface area contributed by atoms with Crippen LogP contribution in [0, 0.1) is 0 Å². The van der Waals surface area contributed by atoms with Crippen LogP contribution in [0.4, 0.5) is 17.1 Å². The molecule has 0 aliphatic heterocycles. The highest BCUT2D eigenvalue weighted by Gasteiger charge is 2.17. The summed E-state index contributed by atoms with van der Waals surface area (Å²) in [5.41, 5.74) is 14.1. The van der Waals surface area contributed by atoms with Crippen LogP contribution in [0.3, 0.4) is 0 Å². The Bertz CT molecular complexity index is 3240. The number of hydrogen-bond acceptors (Lipinski definition) is 1. The summed E-state index contributed by atoms with van der Waals surface area (Å²) in [5, 5.41) is 7.55. The van der Waals surface area contributed by atoms with E-state index < -0.39 is 0 Å². The van der Waals surface area contributed by atoms with Gasteiger partial charge in [0.1, 0.15) is 0 Å². The number of rotatable bonds is 7. The largest absolute Gasteiger partial charge is 0.310 e. The second-order valence-corrected chi connectivity index (χ2v) is 15.0. The Balaban J connectivity index is 0.977. The highest BCUT2D eigenvalue weighted by Crippen LogP contribution is 2.40. The molecule has 58 heavy (non-hydrogen) atoms. The van der Waals surface area contributed by atoms with Crippen molar-refractivity contribution in [3.8, 4) is 39.1 Å². The highest BCUT2D eigenvalue weighted by atomic mass is 15.1. The fourth-order valence-corrected chi connectivity index (χ4v) is 8.77. The minimum atomic E-state index is 1.10. The number of aromatic nitrogens is 1. The topological polar surface area (TPSA) is 8.17 Å². The average Bonchev–Trinajstić information content (AvgIpc) is 3.65. The molecule has 11 aromatic rings. The lowest BCUT2D eigenvalue weighted by atomic mass is 9.97. The van der Waals surface area contributed by atoms with Crippen LogP contribution in [0.1, 0.15) is 0 Å². The maximum Gasteiger partial charge on any atom is 0.0619 e. The van der Waals surface area contributed by atoms with Crippen molar-refractivity contribution >= 4 is 60.4 Å². The Labute approximate surface area is 338 Å². The lowest BCUT2D eigenvalue weighted by Gasteiger charge is -2.26. The number of hydrogen-bond donors (Lipinski definition) is 0. The van der Waals surface area contributed by atoms with Gasteiger partial charge < -0.3 is 9.47 Å². The molecule has 0 saturated carbocycles. The van der Waals surface area contributed by atoms with E-state index in [1.165, 1.54) is 76.7 Å². The molecule has 0 atom stereocenters. The molecule has 0 unspecified atom stereocenters. The number of nitrogens with zero attached hydrogens (tertiary/aromatic N) is 2. The van der Waals surface area contributed by atoms with Gasteiger partial charge in [-0.2, -0.15) is 0 Å². The fourth-order valence-electron chi connectivity index (χ4n) is 8.77. The Kier molecular flexibility index (Phi) is 8.19. The lowest BCUT2D eigenvalue weighted by Crippen LogP contribution is -2.10. The van der Waals surface area contributed by atoms with E-state index in [4.69, 9.17) is 0 Å². The molecule has 272 valence electrons. The van der Waals surface area contributed by atoms with Crippen LogP contribution in [0.15, 0.2) is 231 Å². The average molecular weight is 739 g/mol. The van der Waals surface area contributed by atoms with Crippen molar-refractivity contribution in [2.45, 2.75) is 0 Å². The molecule has 10 aromatic carbocycles. The van der Waals surface area contributed by atoms with Gasteiger partial charge in [0.25, 0.3) is 0 Å². The van der Waals surface area contributed by atoms with E-state index in [1.54, 1.807) is 0 Å². The molecule has 0 bridgehead atoms. The van der Waals surface area contributed by atoms with Gasteiger partial charge >= 0.3 is 0 Å². The summed E-state index contributed by atoms with van der Waals surface area (Å²) >= 11 is 0. The minimum Gasteiger partial charge on any atom is -0.310 e. The van der Waals surface area contributed by atoms with Crippen molar-refractivity contribution in [1.82, 2.24) is 4.57 Å². The zero-order valence-electron chi connectivity index (χ0n) is 31.8. The molecule has 2 nitrogen and oxygen atoms in total. The van der Waals surface area contributed by atoms with E-state index in [9.17, 15) is 0 Å². The van der Waals surface area contributed by atoms with Crippen molar-refractivity contribution in [3.05, 3.63) is 231 Å². The van der Waals surface area contributed by atoms with E-state index in [-0.39, 0.29) is 0 Å². The molecule has 11 rings (SSSR count). The van der Waals surface area contributed by atoms with E-state index in [0.29, 0.717) is 0 Å². The van der Waals surface area contributed by atoms with Gasteiger partial charge in [-0.25, -0.2) is 0 Å². The summed E-state index contributed by atoms with van der Waals surface area (Å²) in [5.74, 6) is 0. The molecule has 0 saturated heterocycles. The van der Waals surface area contributed by atoms with Gasteiger partial charge in [-0.15, -0.1) is 0 Å². The first-order valence-corrected chi connectivity index (χ1v) is 19.9. The third-order valence-electron chi connectivity index (χ3n) is 11.6. The Morgan fingerprint density at radius 3 is 1.52 bits per heavy atom. The molecule has 0 aliphatic rings. The summed E-state index contributed by atoms with van der Waals surface area (Å²) < 4.78 is 2.42. The summed E-state index contributed by atoms with van der Waals surface area (Å²) in [6.07, 6.45) is 0. The second-order valence-electron chi connectivity index (χ2n) is 15.0. The first-order valence-electron chi connectivity index (χ1n) is 19.9. The quantitative estimate of drug-likeness (QED) is 0.158. The molecular weight excluding hydrogens is 701 g/mol. The monoisotopic (exact) mass is 738 g/mol. The van der Waals surface area contributed by atoms with Crippen molar-refractivity contribution in [2.75, 3.05) is 4.90 Å². The van der Waals surface area contributed by atoms with Gasteiger partial charge in [-0.05, 0) is 104 Å². The van der Waals surface area contributed by atoms with Crippen LogP contribution in [-0.2, 0) is 0 Å². The molecule has 2 heteroatoms. The van der Waals surface area contributed by atoms with Crippen molar-refractivity contribution in [3.63, 3.8) is 0 Å². The van der Waals surface area contributed by atoms with Crippen LogP contribution in [0.25, 0.3) is 82.4 Å². The third kappa shape index (κ3) is 5.82. The molecular formula is C56H38N2. The minimum absolute atomic E-state index is 1.10. The molecule has 0 fully saturated rings. The zero-order chi connectivity index (χ0) is 38.4. The molecule has 1 heterocycles. The van der Waals surface area contributed by atoms with Crippen LogP contribution < -0.4 is 4.90 Å². The number of fused-ring (bicyclic) bond motifs is 6. The van der Waals surface area contributed by atoms with Crippen molar-refractivity contribution < 1.29 is 0 Å². The standard InChI is InChI=1S/C56H38N2/c1-2-12-39(13-3-1)40-24-31-46(32-25-40)57(49-18-10-17-45(38-49)51-22-11-16-43-14-4-6-19-50(43)51)47-33-26-41(27-34-47)42-28-35-48(36-29-42)58-55-23-9-8-21-53(55)54-37-30-44-15-5-7-20-52(44)56(54)58/h1-38H. The van der Waals surface area contributed by atoms with E-state index >= 15 is 0 Å². The van der Waals surface area contributed by atoms with Crippen molar-refractivity contribution in [1.29, 1.82) is 0 Å². The maximum absolute atomic E-state index is 2.42. The SMILES string of the molecule is c1ccc(-c2ccc(N(c3ccc(-c4ccc(-n5c6ccccc6c6ccc7ccccc7c65)cc4)cc3)c3cccc(-c4cccc5ccccc45)c3)cc2)cc1. The van der Waals surface area contributed by atoms with Gasteiger partial charge in [0, 0.05) is 38.9 Å². The molecule has 1 aromatic heterocycles. The van der Waals surface area contributed by atoms with E-state index in [0.717, 1.165) is 22.7 Å². The van der Waals surface area contributed by atoms with Gasteiger partial charge in [0.2, 0.25) is 0 Å². The van der Waals surface area contributed by atoms with Gasteiger partial charge in [0.05, 0.1) is 11.0 Å². The van der Waals surface area contributed by atoms with Crippen molar-refractivity contribution in [2.24, 2.45) is 0 Å². The lowest BCUT2D eigenvalue weighted by molar-refractivity contribution is 1.19. The van der Waals surface area contributed by atoms with Gasteiger partial charge in [-0.1, -0.05) is 176 Å². The summed E-state index contributed by atoms with van der Waals surface area (Å²) in [6, 6.07) is 83.6. The molecule has 0 spiro atoms. The fraction of sp³-hybridized carbons (Fsp3) is 0. The molecule has 0 radical (unpaired) electrons. The summed E-state index contributed by atoms with van der Waals surface area (Å²) in [6.45, 7) is 0. The van der Waals surface area contributed by atoms with Crippen LogP contribution in [0.2, 0.25) is 0 Å². The first-order chi connectivity index (χ1) is 28.8. The molecule has 0 aliphatic carbocycles. The Morgan fingerprint density at radius 2 is 0.810 bits per heavy atom. The summed E-state index contributed by atoms with van der Waals surface area (Å²) in [7, 11) is 0. The third-order valence-corrected chi connectivity index (χ3v) is 11.6. The number of benzene rings is 10. The Hall–Kier alpha value is -7.68. The van der Waals surface area contributed by atoms with Crippen LogP contribution >= 0.6 is 0 Å². The predicted molar refractivity (Wildman–Crippen MR) is 247 cm³/mol. The number of para-hydroxylation sites is 1. The number of anilines is 3. The van der Waals surface area contributed by atoms with Gasteiger partial charge in [0.15, 0.2) is 0 Å². The second kappa shape index (κ2) is 14.1. The van der Waals surface area contributed by atoms with Crippen LogP contribution in [-0.4, -0.2) is 4.57 Å². The predicted octanol–water partition coefficient (Wildman–Crippen LogP) is 15.6. The van der Waals surface area contributed by atoms with Gasteiger partial charge in [-0.3, -0.25) is 0 Å². The van der Waals surface area contributed by atoms with Crippen LogP contribution in [0.5, 0.6) is 0 Å². The normalized spacial score (nSPS) is 11.4. The highest BCUT2D eigenvalue weighted by molar-refractivity contribution is 6.18. The van der Waals surface area contributed by atoms with E-state index in [1.807, 2.05) is 0 Å². The smallest absolute Gasteiger partial charge is 0.0619 e.